The summed E-state index contributed by atoms with van der Waals surface area (Å²) >= 11 is 0. The van der Waals surface area contributed by atoms with Crippen molar-refractivity contribution in [3.8, 4) is 44.5 Å². The Morgan fingerprint density at radius 1 is 0.464 bits per heavy atom. The van der Waals surface area contributed by atoms with E-state index < -0.39 is 0 Å². The van der Waals surface area contributed by atoms with Gasteiger partial charge in [-0.05, 0) is 126 Å². The first-order chi connectivity index (χ1) is 27.3. The lowest BCUT2D eigenvalue weighted by atomic mass is 10.0. The molecule has 0 spiro atoms. The molecule has 5 heterocycles. The van der Waals surface area contributed by atoms with Gasteiger partial charge in [-0.25, -0.2) is 14.8 Å². The summed E-state index contributed by atoms with van der Waals surface area (Å²) in [6.45, 7) is 2.09. The standard InChI is InChI=1S/C47H37N7O2/c1-2-56-47(55)31-5-3-27(4-6-31)43-35-19-21-37(51-35)44(28-7-13-32(48)14-8-28)39-23-25-41(53-39)46(30-11-17-34(50)18-12-30)42-26-24-40(54-42)45(38-22-20-36(43)52-38)29-9-15-33(49)16-10-29/h3-26,51,54H,2,48-50H2,1H3. The molecule has 0 radical (unpaired) electrons. The number of hydrogen-bond donors (Lipinski definition) is 5. The number of esters is 1. The first-order valence-electron chi connectivity index (χ1n) is 18.3. The van der Waals surface area contributed by atoms with Crippen LogP contribution in [0.5, 0.6) is 0 Å². The zero-order valence-corrected chi connectivity index (χ0v) is 30.5. The number of nitrogens with two attached hydrogens (primary N) is 3. The van der Waals surface area contributed by atoms with Crippen LogP contribution < -0.4 is 17.2 Å². The Bertz CT molecular complexity index is 2840. The molecule has 9 heteroatoms. The van der Waals surface area contributed by atoms with Crippen molar-refractivity contribution in [1.82, 2.24) is 19.9 Å². The number of nitrogen functional groups attached to an aromatic ring is 3. The maximum Gasteiger partial charge on any atom is 0.338 e. The number of carbonyl (C=O) groups is 1. The lowest BCUT2D eigenvalue weighted by molar-refractivity contribution is 0.0526. The number of aromatic nitrogens is 4. The third kappa shape index (κ3) is 6.27. The van der Waals surface area contributed by atoms with E-state index in [1.807, 2.05) is 97.1 Å². The highest BCUT2D eigenvalue weighted by molar-refractivity contribution is 6.00. The number of fused-ring (bicyclic) bond motifs is 8. The minimum absolute atomic E-state index is 0.297. The predicted octanol–water partition coefficient (Wildman–Crippen LogP) is 10.2. The molecule has 0 saturated carbocycles. The number of H-pyrrole nitrogens is 2. The molecule has 0 unspecified atom stereocenters. The molecule has 9 rings (SSSR count). The number of benzene rings is 4. The molecule has 9 nitrogen and oxygen atoms in total. The summed E-state index contributed by atoms with van der Waals surface area (Å²) in [4.78, 5) is 30.7. The number of rotatable bonds is 6. The molecule has 2 aliphatic heterocycles. The van der Waals surface area contributed by atoms with Gasteiger partial charge in [0.2, 0.25) is 0 Å². The maximum atomic E-state index is 12.6. The van der Waals surface area contributed by atoms with E-state index in [0.717, 1.165) is 89.4 Å². The topological polar surface area (TPSA) is 162 Å². The van der Waals surface area contributed by atoms with Crippen LogP contribution in [0.3, 0.4) is 0 Å². The van der Waals surface area contributed by atoms with Gasteiger partial charge >= 0.3 is 5.97 Å². The quantitative estimate of drug-likeness (QED) is 0.0840. The number of hydrogen-bond acceptors (Lipinski definition) is 7. The predicted molar refractivity (Wildman–Crippen MR) is 230 cm³/mol. The van der Waals surface area contributed by atoms with Crippen molar-refractivity contribution >= 4 is 69.4 Å². The molecule has 3 aromatic heterocycles. The van der Waals surface area contributed by atoms with Crippen LogP contribution >= 0.6 is 0 Å². The van der Waals surface area contributed by atoms with E-state index in [4.69, 9.17) is 31.9 Å². The summed E-state index contributed by atoms with van der Waals surface area (Å²) in [5.74, 6) is -0.368. The van der Waals surface area contributed by atoms with E-state index >= 15 is 0 Å². The number of ether oxygens (including phenoxy) is 1. The highest BCUT2D eigenvalue weighted by Crippen LogP contribution is 2.39. The fourth-order valence-corrected chi connectivity index (χ4v) is 7.36. The van der Waals surface area contributed by atoms with Gasteiger partial charge in [0.25, 0.3) is 0 Å². The molecule has 272 valence electrons. The smallest absolute Gasteiger partial charge is 0.338 e. The van der Waals surface area contributed by atoms with Crippen molar-refractivity contribution in [3.05, 3.63) is 150 Å². The number of nitrogens with one attached hydrogen (secondary N) is 2. The molecule has 0 fully saturated rings. The number of nitrogens with zero attached hydrogens (tertiary/aromatic N) is 2. The van der Waals surface area contributed by atoms with Crippen molar-refractivity contribution in [1.29, 1.82) is 0 Å². The minimum Gasteiger partial charge on any atom is -0.462 e. The number of anilines is 3. The summed E-state index contributed by atoms with van der Waals surface area (Å²) in [6.07, 6.45) is 8.18. The largest absolute Gasteiger partial charge is 0.462 e. The second kappa shape index (κ2) is 14.0. The second-order valence-corrected chi connectivity index (χ2v) is 13.7. The Balaban J connectivity index is 1.43. The molecule has 0 aliphatic carbocycles. The Kier molecular flexibility index (Phi) is 8.51. The Hall–Kier alpha value is -7.65. The van der Waals surface area contributed by atoms with E-state index in [0.29, 0.717) is 29.2 Å². The lowest BCUT2D eigenvalue weighted by Gasteiger charge is -2.08. The van der Waals surface area contributed by atoms with Gasteiger partial charge in [0, 0.05) is 61.4 Å². The molecule has 56 heavy (non-hydrogen) atoms. The van der Waals surface area contributed by atoms with Crippen molar-refractivity contribution in [2.24, 2.45) is 0 Å². The number of aromatic amines is 2. The van der Waals surface area contributed by atoms with E-state index in [-0.39, 0.29) is 5.97 Å². The van der Waals surface area contributed by atoms with Crippen LogP contribution in [0.4, 0.5) is 17.1 Å². The Labute approximate surface area is 322 Å². The first-order valence-corrected chi connectivity index (χ1v) is 18.3. The van der Waals surface area contributed by atoms with Crippen molar-refractivity contribution in [2.75, 3.05) is 23.8 Å². The first kappa shape index (κ1) is 34.1. The van der Waals surface area contributed by atoms with Crippen molar-refractivity contribution in [2.45, 2.75) is 6.92 Å². The van der Waals surface area contributed by atoms with Crippen LogP contribution in [0.2, 0.25) is 0 Å². The molecular weight excluding hydrogens is 695 g/mol. The van der Waals surface area contributed by atoms with Crippen LogP contribution in [-0.4, -0.2) is 32.5 Å². The van der Waals surface area contributed by atoms with E-state index in [2.05, 4.69) is 46.4 Å². The van der Waals surface area contributed by atoms with Crippen LogP contribution in [0.15, 0.2) is 121 Å². The molecule has 0 atom stereocenters. The van der Waals surface area contributed by atoms with E-state index in [1.165, 1.54) is 0 Å². The molecule has 8 bridgehead atoms. The van der Waals surface area contributed by atoms with E-state index in [1.54, 1.807) is 19.1 Å². The van der Waals surface area contributed by atoms with Crippen LogP contribution in [0, 0.1) is 0 Å². The monoisotopic (exact) mass is 731 g/mol. The maximum absolute atomic E-state index is 12.6. The number of carbonyl (C=O) groups excluding carboxylic acids is 1. The summed E-state index contributed by atoms with van der Waals surface area (Å²) in [6, 6.07) is 39.2. The molecule has 0 amide bonds. The molecule has 4 aromatic carbocycles. The van der Waals surface area contributed by atoms with Gasteiger partial charge in [-0.3, -0.25) is 0 Å². The average molecular weight is 732 g/mol. The SMILES string of the molecule is CCOC(=O)c1ccc(-c2c3nc(c(-c4ccc(N)cc4)c4ccc([nH]4)c(-c4ccc(N)cc4)c4nc(c(-c5ccc(N)cc5)c5ccc2[nH]5)C=C4)C=C3)cc1. The molecule has 7 aromatic rings. The van der Waals surface area contributed by atoms with Crippen molar-refractivity contribution in [3.63, 3.8) is 0 Å². The molecule has 0 saturated heterocycles. The Morgan fingerprint density at radius 3 is 1.04 bits per heavy atom. The molecule has 2 aliphatic rings. The normalized spacial score (nSPS) is 11.9. The van der Waals surface area contributed by atoms with Crippen LogP contribution in [0.25, 0.3) is 90.9 Å². The van der Waals surface area contributed by atoms with Gasteiger partial charge in [0.15, 0.2) is 0 Å². The highest BCUT2D eigenvalue weighted by Gasteiger charge is 2.19. The van der Waals surface area contributed by atoms with Crippen LogP contribution in [-0.2, 0) is 4.74 Å². The van der Waals surface area contributed by atoms with Gasteiger partial charge in [-0.1, -0.05) is 48.5 Å². The fraction of sp³-hybridized carbons (Fsp3) is 0.0426. The van der Waals surface area contributed by atoms with E-state index in [9.17, 15) is 4.79 Å². The van der Waals surface area contributed by atoms with Gasteiger partial charge in [-0.2, -0.15) is 0 Å². The summed E-state index contributed by atoms with van der Waals surface area (Å²) < 4.78 is 5.27. The summed E-state index contributed by atoms with van der Waals surface area (Å²) in [5, 5.41) is 0. The van der Waals surface area contributed by atoms with Gasteiger partial charge in [-0.15, -0.1) is 0 Å². The van der Waals surface area contributed by atoms with Crippen molar-refractivity contribution < 1.29 is 9.53 Å². The summed E-state index contributed by atoms with van der Waals surface area (Å²) in [7, 11) is 0. The van der Waals surface area contributed by atoms with Gasteiger partial charge in [0.05, 0.1) is 34.9 Å². The third-order valence-electron chi connectivity index (χ3n) is 10.0. The zero-order chi connectivity index (χ0) is 38.3. The fourth-order valence-electron chi connectivity index (χ4n) is 7.36. The highest BCUT2D eigenvalue weighted by atomic mass is 16.5. The van der Waals surface area contributed by atoms with Gasteiger partial charge < -0.3 is 31.9 Å². The zero-order valence-electron chi connectivity index (χ0n) is 30.5. The minimum atomic E-state index is -0.368. The summed E-state index contributed by atoms with van der Waals surface area (Å²) in [5.41, 5.74) is 34.9. The molecular formula is C47H37N7O2. The second-order valence-electron chi connectivity index (χ2n) is 13.7. The third-order valence-corrected chi connectivity index (χ3v) is 10.0. The van der Waals surface area contributed by atoms with Gasteiger partial charge in [0.1, 0.15) is 0 Å². The Morgan fingerprint density at radius 2 is 0.750 bits per heavy atom. The molecule has 8 N–H and O–H groups in total. The van der Waals surface area contributed by atoms with Crippen LogP contribution in [0.1, 0.15) is 40.1 Å². The average Bonchev–Trinajstić information content (AvgIpc) is 4.05. The lowest BCUT2D eigenvalue weighted by Crippen LogP contribution is -2.04.